The molecule has 0 aliphatic heterocycles. The van der Waals surface area contributed by atoms with E-state index >= 15 is 0 Å². The number of benzene rings is 1. The molecule has 7 nitrogen and oxygen atoms in total. The summed E-state index contributed by atoms with van der Waals surface area (Å²) in [6.45, 7) is 2.29. The van der Waals surface area contributed by atoms with Crippen LogP contribution < -0.4 is 10.1 Å². The van der Waals surface area contributed by atoms with E-state index in [2.05, 4.69) is 12.2 Å². The average Bonchev–Trinajstić information content (AvgIpc) is 2.71. The molecule has 0 radical (unpaired) electrons. The van der Waals surface area contributed by atoms with E-state index in [-0.39, 0.29) is 19.1 Å². The first-order valence-corrected chi connectivity index (χ1v) is 12.5. The molecule has 0 aliphatic carbocycles. The van der Waals surface area contributed by atoms with Crippen molar-refractivity contribution >= 4 is 16.2 Å². The molecule has 1 amide bonds. The number of carbonyl (C=O) groups is 1. The van der Waals surface area contributed by atoms with Gasteiger partial charge >= 0.3 is 6.09 Å². The Morgan fingerprint density at radius 1 is 1.00 bits per heavy atom. The summed E-state index contributed by atoms with van der Waals surface area (Å²) in [6.07, 6.45) is 9.33. The minimum atomic E-state index is -4.27. The van der Waals surface area contributed by atoms with Gasteiger partial charge in [-0.2, -0.15) is 0 Å². The largest absolute Gasteiger partial charge is 0.748 e. The Labute approximate surface area is 181 Å². The molecule has 0 aromatic heterocycles. The van der Waals surface area contributed by atoms with Gasteiger partial charge in [0.15, 0.2) is 0 Å². The molecule has 0 fully saturated rings. The SMILES string of the molecule is CCCCCCCCCCC(OC(=O)NCCCS(=O)(=O)[O-])c1ccc(OC)cc1. The fourth-order valence-electron chi connectivity index (χ4n) is 3.19. The number of rotatable bonds is 16. The number of carbonyl (C=O) groups excluding carboxylic acids is 1. The topological polar surface area (TPSA) is 105 Å². The number of nitrogens with one attached hydrogen (secondary N) is 1. The molecule has 8 heteroatoms. The van der Waals surface area contributed by atoms with Gasteiger partial charge in [-0.3, -0.25) is 0 Å². The molecule has 1 atom stereocenters. The zero-order valence-corrected chi connectivity index (χ0v) is 19.0. The summed E-state index contributed by atoms with van der Waals surface area (Å²) in [5.74, 6) is 0.223. The van der Waals surface area contributed by atoms with Crippen LogP contribution in [0.15, 0.2) is 24.3 Å². The minimum absolute atomic E-state index is 0.0617. The highest BCUT2D eigenvalue weighted by Crippen LogP contribution is 2.26. The second-order valence-electron chi connectivity index (χ2n) is 7.47. The molecule has 1 aromatic carbocycles. The number of amides is 1. The van der Waals surface area contributed by atoms with Gasteiger partial charge in [0, 0.05) is 12.3 Å². The molecular weight excluding hydrogens is 406 g/mol. The summed E-state index contributed by atoms with van der Waals surface area (Å²) < 4.78 is 42.6. The third-order valence-electron chi connectivity index (χ3n) is 4.90. The molecule has 0 aliphatic rings. The predicted molar refractivity (Wildman–Crippen MR) is 117 cm³/mol. The van der Waals surface area contributed by atoms with E-state index in [9.17, 15) is 17.8 Å². The first kappa shape index (κ1) is 26.2. The monoisotopic (exact) mass is 442 g/mol. The first-order chi connectivity index (χ1) is 14.4. The van der Waals surface area contributed by atoms with Gasteiger partial charge in [0.05, 0.1) is 17.2 Å². The molecule has 0 spiro atoms. The molecule has 1 rings (SSSR count). The van der Waals surface area contributed by atoms with Crippen molar-refractivity contribution in [1.29, 1.82) is 0 Å². The highest BCUT2D eigenvalue weighted by atomic mass is 32.2. The Morgan fingerprint density at radius 2 is 1.60 bits per heavy atom. The molecule has 0 saturated carbocycles. The lowest BCUT2D eigenvalue weighted by Gasteiger charge is -2.19. The summed E-state index contributed by atoms with van der Waals surface area (Å²) in [5.41, 5.74) is 0.885. The number of ether oxygens (including phenoxy) is 2. The van der Waals surface area contributed by atoms with Gasteiger partial charge in [-0.15, -0.1) is 0 Å². The molecule has 1 aromatic rings. The van der Waals surface area contributed by atoms with Crippen molar-refractivity contribution in [2.45, 2.75) is 77.2 Å². The molecule has 172 valence electrons. The average molecular weight is 443 g/mol. The lowest BCUT2D eigenvalue weighted by molar-refractivity contribution is 0.0908. The fourth-order valence-corrected chi connectivity index (χ4v) is 3.68. The number of hydrogen-bond acceptors (Lipinski definition) is 6. The van der Waals surface area contributed by atoms with E-state index in [1.54, 1.807) is 7.11 Å². The Morgan fingerprint density at radius 3 is 2.17 bits per heavy atom. The third-order valence-corrected chi connectivity index (χ3v) is 5.69. The van der Waals surface area contributed by atoms with Gasteiger partial charge in [-0.1, -0.05) is 64.0 Å². The van der Waals surface area contributed by atoms with Gasteiger partial charge in [-0.25, -0.2) is 13.2 Å². The summed E-state index contributed by atoms with van der Waals surface area (Å²) in [6, 6.07) is 7.42. The van der Waals surface area contributed by atoms with Crippen LogP contribution in [0.5, 0.6) is 5.75 Å². The number of hydrogen-bond donors (Lipinski definition) is 1. The third kappa shape index (κ3) is 12.7. The molecule has 0 bridgehead atoms. The summed E-state index contributed by atoms with van der Waals surface area (Å²) >= 11 is 0. The Hall–Kier alpha value is -1.80. The van der Waals surface area contributed by atoms with Crippen LogP contribution in [0.3, 0.4) is 0 Å². The molecule has 1 N–H and O–H groups in total. The smallest absolute Gasteiger partial charge is 0.407 e. The highest BCUT2D eigenvalue weighted by Gasteiger charge is 2.16. The van der Waals surface area contributed by atoms with Gasteiger partial charge in [-0.05, 0) is 37.0 Å². The van der Waals surface area contributed by atoms with E-state index in [4.69, 9.17) is 9.47 Å². The summed E-state index contributed by atoms with van der Waals surface area (Å²) in [5, 5.41) is 2.52. The van der Waals surface area contributed by atoms with E-state index in [1.807, 2.05) is 24.3 Å². The molecule has 1 unspecified atom stereocenters. The van der Waals surface area contributed by atoms with Crippen LogP contribution in [-0.2, 0) is 14.9 Å². The van der Waals surface area contributed by atoms with E-state index in [0.29, 0.717) is 6.42 Å². The second-order valence-corrected chi connectivity index (χ2v) is 9.00. The summed E-state index contributed by atoms with van der Waals surface area (Å²) in [4.78, 5) is 12.1. The van der Waals surface area contributed by atoms with Crippen molar-refractivity contribution in [3.63, 3.8) is 0 Å². The van der Waals surface area contributed by atoms with Crippen LogP contribution in [0.25, 0.3) is 0 Å². The van der Waals surface area contributed by atoms with Crippen molar-refractivity contribution in [2.75, 3.05) is 19.4 Å². The lowest BCUT2D eigenvalue weighted by atomic mass is 10.0. The maximum atomic E-state index is 12.1. The van der Waals surface area contributed by atoms with Crippen molar-refractivity contribution in [1.82, 2.24) is 5.32 Å². The van der Waals surface area contributed by atoms with E-state index < -0.39 is 22.0 Å². The minimum Gasteiger partial charge on any atom is -0.748 e. The van der Waals surface area contributed by atoms with Crippen molar-refractivity contribution < 1.29 is 27.2 Å². The summed E-state index contributed by atoms with van der Waals surface area (Å²) in [7, 11) is -2.68. The van der Waals surface area contributed by atoms with E-state index in [0.717, 1.165) is 24.2 Å². The van der Waals surface area contributed by atoms with Crippen LogP contribution in [-0.4, -0.2) is 38.5 Å². The molecular formula is C22H36NO6S-. The van der Waals surface area contributed by atoms with Crippen molar-refractivity contribution in [3.05, 3.63) is 29.8 Å². The first-order valence-electron chi connectivity index (χ1n) is 10.9. The number of methoxy groups -OCH3 is 1. The predicted octanol–water partition coefficient (Wildman–Crippen LogP) is 4.93. The van der Waals surface area contributed by atoms with Crippen molar-refractivity contribution in [2.24, 2.45) is 0 Å². The van der Waals surface area contributed by atoms with Gasteiger partial charge < -0.3 is 19.3 Å². The second kappa shape index (κ2) is 15.1. The zero-order chi connectivity index (χ0) is 22.2. The zero-order valence-electron chi connectivity index (χ0n) is 18.2. The van der Waals surface area contributed by atoms with Crippen LogP contribution in [0.2, 0.25) is 0 Å². The van der Waals surface area contributed by atoms with Gasteiger partial charge in [0.1, 0.15) is 11.9 Å². The van der Waals surface area contributed by atoms with Gasteiger partial charge in [0.25, 0.3) is 0 Å². The van der Waals surface area contributed by atoms with Gasteiger partial charge in [0.2, 0.25) is 0 Å². The highest BCUT2D eigenvalue weighted by molar-refractivity contribution is 7.85. The van der Waals surface area contributed by atoms with Crippen LogP contribution in [0, 0.1) is 0 Å². The quantitative estimate of drug-likeness (QED) is 0.287. The van der Waals surface area contributed by atoms with Crippen molar-refractivity contribution in [3.8, 4) is 5.75 Å². The normalized spacial score (nSPS) is 12.4. The fraction of sp³-hybridized carbons (Fsp3) is 0.682. The molecule has 0 heterocycles. The molecule has 30 heavy (non-hydrogen) atoms. The Kier molecular flexibility index (Phi) is 13.2. The standard InChI is InChI=1S/C22H37NO6S/c1-3-4-5-6-7-8-9-10-12-21(19-13-15-20(28-2)16-14-19)29-22(24)23-17-11-18-30(25,26)27/h13-16,21H,3-12,17-18H2,1-2H3,(H,23,24)(H,25,26,27)/p-1. The van der Waals surface area contributed by atoms with Crippen LogP contribution in [0.1, 0.15) is 82.8 Å². The Bertz CT molecular complexity index is 690. The van der Waals surface area contributed by atoms with Crippen LogP contribution in [0.4, 0.5) is 4.79 Å². The van der Waals surface area contributed by atoms with E-state index in [1.165, 1.54) is 38.5 Å². The maximum Gasteiger partial charge on any atom is 0.407 e. The number of alkyl carbamates (subject to hydrolysis) is 1. The number of unbranched alkanes of at least 4 members (excludes halogenated alkanes) is 7. The lowest BCUT2D eigenvalue weighted by Crippen LogP contribution is -2.28. The van der Waals surface area contributed by atoms with Crippen LogP contribution >= 0.6 is 0 Å². The Balaban J connectivity index is 2.48. The maximum absolute atomic E-state index is 12.1. The molecule has 0 saturated heterocycles.